The van der Waals surface area contributed by atoms with Crippen molar-refractivity contribution in [1.82, 2.24) is 10.6 Å². The first-order chi connectivity index (χ1) is 12.2. The third-order valence-corrected chi connectivity index (χ3v) is 4.19. The van der Waals surface area contributed by atoms with E-state index in [2.05, 4.69) is 15.6 Å². The van der Waals surface area contributed by atoms with Gasteiger partial charge < -0.3 is 15.4 Å². The van der Waals surface area contributed by atoms with Crippen LogP contribution in [-0.4, -0.2) is 45.6 Å². The van der Waals surface area contributed by atoms with E-state index in [9.17, 15) is 21.6 Å². The van der Waals surface area contributed by atoms with Gasteiger partial charge in [-0.2, -0.15) is 13.2 Å². The van der Waals surface area contributed by atoms with E-state index in [0.717, 1.165) is 12.3 Å². The molecule has 0 saturated heterocycles. The van der Waals surface area contributed by atoms with Gasteiger partial charge in [0.05, 0.1) is 11.3 Å². The van der Waals surface area contributed by atoms with Gasteiger partial charge in [0.1, 0.15) is 21.2 Å². The highest BCUT2D eigenvalue weighted by molar-refractivity contribution is 14.0. The monoisotopic (exact) mass is 537 g/mol. The molecule has 1 rings (SSSR count). The number of benzene rings is 1. The van der Waals surface area contributed by atoms with Gasteiger partial charge >= 0.3 is 6.18 Å². The third kappa shape index (κ3) is 10.3. The molecule has 6 nitrogen and oxygen atoms in total. The standard InChI is InChI=1S/C17H26F3N3O3S.HI/c1-16(2,3)26-13-7-6-12(14(10-13)17(18,19)20)11-23-15(21-4)22-8-9-27(5,24)25;/h6-7,10H,8-9,11H2,1-5H3,(H2,21,22,23);1H. The number of halogens is 4. The molecule has 1 aromatic rings. The van der Waals surface area contributed by atoms with Crippen molar-refractivity contribution in [3.63, 3.8) is 0 Å². The van der Waals surface area contributed by atoms with Crippen LogP contribution < -0.4 is 15.4 Å². The molecule has 0 amide bonds. The maximum atomic E-state index is 13.4. The number of guanidine groups is 1. The van der Waals surface area contributed by atoms with Gasteiger partial charge in [-0.25, -0.2) is 8.42 Å². The summed E-state index contributed by atoms with van der Waals surface area (Å²) in [7, 11) is -1.70. The summed E-state index contributed by atoms with van der Waals surface area (Å²) in [6.45, 7) is 5.22. The quantitative estimate of drug-likeness (QED) is 0.331. The average Bonchev–Trinajstić information content (AvgIpc) is 2.47. The second-order valence-corrected chi connectivity index (χ2v) is 9.27. The summed E-state index contributed by atoms with van der Waals surface area (Å²) < 4.78 is 68.0. The van der Waals surface area contributed by atoms with Gasteiger partial charge in [0.2, 0.25) is 0 Å². The Morgan fingerprint density at radius 3 is 2.25 bits per heavy atom. The van der Waals surface area contributed by atoms with Crippen molar-refractivity contribution in [3.8, 4) is 5.75 Å². The molecule has 162 valence electrons. The van der Waals surface area contributed by atoms with Gasteiger partial charge in [-0.3, -0.25) is 4.99 Å². The van der Waals surface area contributed by atoms with Crippen LogP contribution in [-0.2, 0) is 22.6 Å². The lowest BCUT2D eigenvalue weighted by Gasteiger charge is -2.23. The van der Waals surface area contributed by atoms with Crippen LogP contribution in [0.4, 0.5) is 13.2 Å². The minimum absolute atomic E-state index is 0. The zero-order valence-corrected chi connectivity index (χ0v) is 19.6. The molecule has 11 heteroatoms. The van der Waals surface area contributed by atoms with E-state index in [4.69, 9.17) is 4.74 Å². The molecule has 0 radical (unpaired) electrons. The Hall–Kier alpha value is -1.24. The number of hydrogen-bond donors (Lipinski definition) is 2. The fourth-order valence-corrected chi connectivity index (χ4v) is 2.62. The van der Waals surface area contributed by atoms with Crippen molar-refractivity contribution >= 4 is 39.8 Å². The number of aliphatic imine (C=N–C) groups is 1. The van der Waals surface area contributed by atoms with Gasteiger partial charge in [-0.15, -0.1) is 24.0 Å². The lowest BCUT2D eigenvalue weighted by Crippen LogP contribution is -2.39. The molecule has 0 aliphatic rings. The fourth-order valence-electron chi connectivity index (χ4n) is 2.15. The number of nitrogens with one attached hydrogen (secondary N) is 2. The van der Waals surface area contributed by atoms with Crippen LogP contribution in [0.25, 0.3) is 0 Å². The van der Waals surface area contributed by atoms with Gasteiger partial charge in [-0.05, 0) is 38.5 Å². The van der Waals surface area contributed by atoms with Crippen LogP contribution >= 0.6 is 24.0 Å². The first-order valence-corrected chi connectivity index (χ1v) is 10.3. The predicted octanol–water partition coefficient (Wildman–Crippen LogP) is 3.21. The zero-order chi connectivity index (χ0) is 20.9. The normalized spacial score (nSPS) is 12.9. The molecular formula is C17H27F3IN3O3S. The number of ether oxygens (including phenoxy) is 1. The molecule has 0 aliphatic heterocycles. The maximum Gasteiger partial charge on any atom is 0.416 e. The van der Waals surface area contributed by atoms with Crippen molar-refractivity contribution in [2.45, 2.75) is 39.1 Å². The highest BCUT2D eigenvalue weighted by Crippen LogP contribution is 2.35. The SMILES string of the molecule is CN=C(NCCS(C)(=O)=O)NCc1ccc(OC(C)(C)C)cc1C(F)(F)F.I. The van der Waals surface area contributed by atoms with E-state index in [1.165, 1.54) is 19.2 Å². The van der Waals surface area contributed by atoms with Crippen molar-refractivity contribution in [3.05, 3.63) is 29.3 Å². The summed E-state index contributed by atoms with van der Waals surface area (Å²) in [5, 5.41) is 5.51. The molecule has 0 aliphatic carbocycles. The molecule has 0 heterocycles. The van der Waals surface area contributed by atoms with Gasteiger partial charge in [0, 0.05) is 26.4 Å². The molecule has 2 N–H and O–H groups in total. The first kappa shape index (κ1) is 26.8. The van der Waals surface area contributed by atoms with E-state index >= 15 is 0 Å². The Bertz CT molecular complexity index is 776. The Morgan fingerprint density at radius 1 is 1.18 bits per heavy atom. The van der Waals surface area contributed by atoms with Crippen molar-refractivity contribution in [2.75, 3.05) is 25.6 Å². The molecule has 0 saturated carbocycles. The first-order valence-electron chi connectivity index (χ1n) is 8.22. The van der Waals surface area contributed by atoms with Crippen molar-refractivity contribution in [2.24, 2.45) is 4.99 Å². The van der Waals surface area contributed by atoms with E-state index < -0.39 is 27.2 Å². The Morgan fingerprint density at radius 2 is 1.79 bits per heavy atom. The zero-order valence-electron chi connectivity index (χ0n) is 16.5. The van der Waals surface area contributed by atoms with E-state index in [1.54, 1.807) is 20.8 Å². The smallest absolute Gasteiger partial charge is 0.416 e. The Balaban J connectivity index is 0.00000729. The minimum atomic E-state index is -4.54. The summed E-state index contributed by atoms with van der Waals surface area (Å²) in [6.07, 6.45) is -3.44. The number of hydrogen-bond acceptors (Lipinski definition) is 4. The summed E-state index contributed by atoms with van der Waals surface area (Å²) in [4.78, 5) is 3.87. The molecule has 0 unspecified atom stereocenters. The molecule has 0 bridgehead atoms. The summed E-state index contributed by atoms with van der Waals surface area (Å²) in [6, 6.07) is 3.81. The minimum Gasteiger partial charge on any atom is -0.488 e. The molecule has 0 fully saturated rings. The van der Waals surface area contributed by atoms with Crippen molar-refractivity contribution < 1.29 is 26.3 Å². The second kappa shape index (κ2) is 10.5. The van der Waals surface area contributed by atoms with E-state index in [-0.39, 0.29) is 60.1 Å². The Kier molecular flexibility index (Phi) is 10.0. The predicted molar refractivity (Wildman–Crippen MR) is 115 cm³/mol. The molecule has 0 aromatic heterocycles. The lowest BCUT2D eigenvalue weighted by molar-refractivity contribution is -0.138. The van der Waals surface area contributed by atoms with Gasteiger partial charge in [0.15, 0.2) is 5.96 Å². The highest BCUT2D eigenvalue weighted by atomic mass is 127. The average molecular weight is 537 g/mol. The van der Waals surface area contributed by atoms with Crippen LogP contribution in [0.1, 0.15) is 31.9 Å². The van der Waals surface area contributed by atoms with E-state index in [0.29, 0.717) is 0 Å². The summed E-state index contributed by atoms with van der Waals surface area (Å²) >= 11 is 0. The molecule has 0 spiro atoms. The molecule has 0 atom stereocenters. The van der Waals surface area contributed by atoms with Crippen LogP contribution in [0.2, 0.25) is 0 Å². The van der Waals surface area contributed by atoms with Crippen LogP contribution in [0, 0.1) is 0 Å². The Labute approximate surface area is 181 Å². The molecule has 1 aromatic carbocycles. The number of sulfone groups is 1. The van der Waals surface area contributed by atoms with Crippen molar-refractivity contribution in [1.29, 1.82) is 0 Å². The van der Waals surface area contributed by atoms with Gasteiger partial charge in [0.25, 0.3) is 0 Å². The number of alkyl halides is 3. The third-order valence-electron chi connectivity index (χ3n) is 3.25. The highest BCUT2D eigenvalue weighted by Gasteiger charge is 2.34. The molecular weight excluding hydrogens is 510 g/mol. The van der Waals surface area contributed by atoms with E-state index in [1.807, 2.05) is 0 Å². The van der Waals surface area contributed by atoms with Crippen LogP contribution in [0.15, 0.2) is 23.2 Å². The topological polar surface area (TPSA) is 79.8 Å². The van der Waals surface area contributed by atoms with Crippen LogP contribution in [0.3, 0.4) is 0 Å². The lowest BCUT2D eigenvalue weighted by atomic mass is 10.1. The largest absolute Gasteiger partial charge is 0.488 e. The fraction of sp³-hybridized carbons (Fsp3) is 0.588. The summed E-state index contributed by atoms with van der Waals surface area (Å²) in [5.74, 6) is 0.233. The van der Waals surface area contributed by atoms with Crippen LogP contribution in [0.5, 0.6) is 5.75 Å². The second-order valence-electron chi connectivity index (χ2n) is 7.01. The van der Waals surface area contributed by atoms with Gasteiger partial charge in [-0.1, -0.05) is 6.07 Å². The maximum absolute atomic E-state index is 13.4. The number of nitrogens with zero attached hydrogens (tertiary/aromatic N) is 1. The number of rotatable bonds is 6. The molecule has 28 heavy (non-hydrogen) atoms. The summed E-state index contributed by atoms with van der Waals surface area (Å²) in [5.41, 5.74) is -1.40.